The molecule has 0 aliphatic heterocycles. The van der Waals surface area contributed by atoms with Crippen molar-refractivity contribution in [1.82, 2.24) is 9.97 Å². The lowest BCUT2D eigenvalue weighted by molar-refractivity contribution is -0.136. The highest BCUT2D eigenvalue weighted by atomic mass is 35.5. The smallest absolute Gasteiger partial charge is 0.309 e. The summed E-state index contributed by atoms with van der Waals surface area (Å²) in [5.41, 5.74) is 0.343. The second kappa shape index (κ2) is 4.82. The molecule has 0 saturated carbocycles. The van der Waals surface area contributed by atoms with E-state index in [4.69, 9.17) is 28.3 Å². The zero-order chi connectivity index (χ0) is 10.7. The van der Waals surface area contributed by atoms with Crippen LogP contribution in [-0.2, 0) is 11.2 Å². The van der Waals surface area contributed by atoms with E-state index < -0.39 is 5.97 Å². The number of carboxylic acids is 1. The molecule has 1 heterocycles. The summed E-state index contributed by atoms with van der Waals surface area (Å²) in [7, 11) is 0. The average molecular weight is 253 g/mol. The molecular weight excluding hydrogens is 247 g/mol. The molecule has 0 saturated heterocycles. The average Bonchev–Trinajstić information content (AvgIpc) is 2.01. The maximum Gasteiger partial charge on any atom is 0.309 e. The normalized spacial score (nSPS) is 10.2. The summed E-state index contributed by atoms with van der Waals surface area (Å²) in [6, 6.07) is 0. The van der Waals surface area contributed by atoms with Crippen LogP contribution in [0, 0.1) is 0 Å². The third-order valence-electron chi connectivity index (χ3n) is 1.39. The fourth-order valence-corrected chi connectivity index (χ4v) is 2.12. The van der Waals surface area contributed by atoms with E-state index in [-0.39, 0.29) is 16.9 Å². The minimum Gasteiger partial charge on any atom is -0.481 e. The monoisotopic (exact) mass is 252 g/mol. The zero-order valence-corrected chi connectivity index (χ0v) is 9.45. The number of nitrogens with zero attached hydrogens (tertiary/aromatic N) is 2. The van der Waals surface area contributed by atoms with E-state index in [0.717, 1.165) is 0 Å². The van der Waals surface area contributed by atoms with Gasteiger partial charge in [0.15, 0.2) is 0 Å². The molecule has 0 atom stereocenters. The van der Waals surface area contributed by atoms with Crippen molar-refractivity contribution in [2.24, 2.45) is 0 Å². The quantitative estimate of drug-likeness (QED) is 0.508. The van der Waals surface area contributed by atoms with E-state index in [1.165, 1.54) is 11.8 Å². The van der Waals surface area contributed by atoms with E-state index >= 15 is 0 Å². The summed E-state index contributed by atoms with van der Waals surface area (Å²) in [6.07, 6.45) is 1.56. The Labute approximate surface area is 94.7 Å². The Morgan fingerprint density at radius 1 is 1.50 bits per heavy atom. The van der Waals surface area contributed by atoms with Crippen LogP contribution in [0.3, 0.4) is 0 Å². The van der Waals surface area contributed by atoms with Gasteiger partial charge in [-0.15, -0.1) is 11.8 Å². The zero-order valence-electron chi connectivity index (χ0n) is 7.12. The Balaban J connectivity index is 3.17. The predicted octanol–water partition coefficient (Wildman–Crippen LogP) is 2.13. The summed E-state index contributed by atoms with van der Waals surface area (Å²) in [5.74, 6) is -0.980. The molecule has 0 fully saturated rings. The predicted molar refractivity (Wildman–Crippen MR) is 55.2 cm³/mol. The van der Waals surface area contributed by atoms with E-state index in [2.05, 4.69) is 9.97 Å². The maximum absolute atomic E-state index is 10.5. The van der Waals surface area contributed by atoms with Crippen LogP contribution in [0.4, 0.5) is 0 Å². The third kappa shape index (κ3) is 2.73. The van der Waals surface area contributed by atoms with Crippen LogP contribution in [0.25, 0.3) is 0 Å². The van der Waals surface area contributed by atoms with Crippen LogP contribution in [0.5, 0.6) is 0 Å². The summed E-state index contributed by atoms with van der Waals surface area (Å²) in [6.45, 7) is 0. The fourth-order valence-electron chi connectivity index (χ4n) is 0.903. The lowest BCUT2D eigenvalue weighted by Gasteiger charge is -2.05. The van der Waals surface area contributed by atoms with Gasteiger partial charge in [-0.25, -0.2) is 9.97 Å². The van der Waals surface area contributed by atoms with Crippen molar-refractivity contribution in [2.75, 3.05) is 6.26 Å². The molecule has 0 unspecified atom stereocenters. The van der Waals surface area contributed by atoms with Gasteiger partial charge in [0.05, 0.1) is 17.0 Å². The molecule has 0 spiro atoms. The second-order valence-electron chi connectivity index (χ2n) is 2.33. The highest BCUT2D eigenvalue weighted by Crippen LogP contribution is 2.27. The molecule has 0 radical (unpaired) electrons. The molecule has 0 amide bonds. The minimum absolute atomic E-state index is 0.0379. The Morgan fingerprint density at radius 2 is 2.14 bits per heavy atom. The molecular formula is C7H6Cl2N2O2S. The number of carboxylic acid groups (broad SMARTS) is 1. The van der Waals surface area contributed by atoms with Gasteiger partial charge in [0, 0.05) is 0 Å². The van der Waals surface area contributed by atoms with Gasteiger partial charge in [0.1, 0.15) is 5.15 Å². The molecule has 14 heavy (non-hydrogen) atoms. The topological polar surface area (TPSA) is 63.1 Å². The van der Waals surface area contributed by atoms with Crippen LogP contribution in [0.1, 0.15) is 5.69 Å². The highest BCUT2D eigenvalue weighted by molar-refractivity contribution is 7.98. The summed E-state index contributed by atoms with van der Waals surface area (Å²) >= 11 is 12.6. The van der Waals surface area contributed by atoms with Crippen LogP contribution in [0.2, 0.25) is 10.4 Å². The van der Waals surface area contributed by atoms with Crippen molar-refractivity contribution in [3.63, 3.8) is 0 Å². The molecule has 1 rings (SSSR count). The minimum atomic E-state index is -0.980. The van der Waals surface area contributed by atoms with Gasteiger partial charge in [-0.1, -0.05) is 11.6 Å². The standard InChI is InChI=1S/C7H6Cl2N2O2S/c1-14-5-3(2-4(12)13)10-7(9)11-6(5)8/h2H2,1H3,(H,12,13). The number of aliphatic carboxylic acids is 1. The van der Waals surface area contributed by atoms with Gasteiger partial charge in [0.25, 0.3) is 0 Å². The molecule has 0 aromatic carbocycles. The van der Waals surface area contributed by atoms with Crippen molar-refractivity contribution in [2.45, 2.75) is 11.3 Å². The van der Waals surface area contributed by atoms with E-state index in [0.29, 0.717) is 10.6 Å². The van der Waals surface area contributed by atoms with Gasteiger partial charge in [0.2, 0.25) is 5.28 Å². The number of rotatable bonds is 3. The van der Waals surface area contributed by atoms with Gasteiger partial charge >= 0.3 is 5.97 Å². The van der Waals surface area contributed by atoms with Crippen molar-refractivity contribution >= 4 is 40.9 Å². The number of carbonyl (C=O) groups is 1. The van der Waals surface area contributed by atoms with Crippen molar-refractivity contribution in [3.8, 4) is 0 Å². The highest BCUT2D eigenvalue weighted by Gasteiger charge is 2.13. The first-order valence-electron chi connectivity index (χ1n) is 3.52. The number of hydrogen-bond acceptors (Lipinski definition) is 4. The molecule has 4 nitrogen and oxygen atoms in total. The first kappa shape index (κ1) is 11.6. The second-order valence-corrected chi connectivity index (χ2v) is 3.85. The largest absolute Gasteiger partial charge is 0.481 e. The lowest BCUT2D eigenvalue weighted by atomic mass is 10.3. The molecule has 1 aromatic heterocycles. The Hall–Kier alpha value is -0.520. The molecule has 1 N–H and O–H groups in total. The third-order valence-corrected chi connectivity index (χ3v) is 2.78. The summed E-state index contributed by atoms with van der Waals surface area (Å²) < 4.78 is 0. The van der Waals surface area contributed by atoms with E-state index in [1.54, 1.807) is 6.26 Å². The molecule has 0 aliphatic rings. The number of halogens is 2. The molecule has 0 aliphatic carbocycles. The van der Waals surface area contributed by atoms with Gasteiger partial charge < -0.3 is 5.11 Å². The van der Waals surface area contributed by atoms with E-state index in [1.807, 2.05) is 0 Å². The number of hydrogen-bond donors (Lipinski definition) is 1. The van der Waals surface area contributed by atoms with E-state index in [9.17, 15) is 4.79 Å². The Bertz CT molecular complexity index is 373. The summed E-state index contributed by atoms with van der Waals surface area (Å²) in [4.78, 5) is 18.6. The Kier molecular flexibility index (Phi) is 3.97. The lowest BCUT2D eigenvalue weighted by Crippen LogP contribution is -2.05. The molecule has 76 valence electrons. The Morgan fingerprint density at radius 3 is 2.64 bits per heavy atom. The SMILES string of the molecule is CSc1c(Cl)nc(Cl)nc1CC(=O)O. The van der Waals surface area contributed by atoms with Crippen LogP contribution in [-0.4, -0.2) is 27.3 Å². The molecule has 1 aromatic rings. The van der Waals surface area contributed by atoms with Crippen LogP contribution in [0.15, 0.2) is 4.90 Å². The van der Waals surface area contributed by atoms with Crippen LogP contribution < -0.4 is 0 Å². The van der Waals surface area contributed by atoms with Gasteiger partial charge in [-0.3, -0.25) is 4.79 Å². The van der Waals surface area contributed by atoms with Crippen molar-refractivity contribution in [3.05, 3.63) is 16.1 Å². The van der Waals surface area contributed by atoms with Crippen molar-refractivity contribution < 1.29 is 9.90 Å². The van der Waals surface area contributed by atoms with Gasteiger partial charge in [-0.2, -0.15) is 0 Å². The fraction of sp³-hybridized carbons (Fsp3) is 0.286. The number of aromatic nitrogens is 2. The first-order chi connectivity index (χ1) is 6.54. The van der Waals surface area contributed by atoms with Crippen molar-refractivity contribution in [1.29, 1.82) is 0 Å². The van der Waals surface area contributed by atoms with Crippen LogP contribution >= 0.6 is 35.0 Å². The summed E-state index contributed by atoms with van der Waals surface area (Å²) in [5, 5.41) is 8.76. The number of thioether (sulfide) groups is 1. The maximum atomic E-state index is 10.5. The van der Waals surface area contributed by atoms with Gasteiger partial charge in [-0.05, 0) is 17.9 Å². The molecule has 0 bridgehead atoms. The molecule has 7 heteroatoms. The first-order valence-corrected chi connectivity index (χ1v) is 5.50.